The van der Waals surface area contributed by atoms with E-state index in [4.69, 9.17) is 14.5 Å². The molecule has 1 aromatic heterocycles. The van der Waals surface area contributed by atoms with Gasteiger partial charge in [-0.1, -0.05) is 24.3 Å². The van der Waals surface area contributed by atoms with Gasteiger partial charge in [0.05, 0.1) is 11.6 Å². The van der Waals surface area contributed by atoms with Crippen LogP contribution in [0.3, 0.4) is 0 Å². The molecule has 0 radical (unpaired) electrons. The molecule has 4 aromatic rings. The number of nitrogens with zero attached hydrogens (tertiary/aromatic N) is 2. The number of carboxylic acids is 1. The Bertz CT molecular complexity index is 1320. The van der Waals surface area contributed by atoms with Crippen LogP contribution in [0.15, 0.2) is 78.2 Å². The molecule has 1 aliphatic rings. The van der Waals surface area contributed by atoms with Crippen LogP contribution in [0.1, 0.15) is 18.4 Å². The number of halogens is 1. The second-order valence-corrected chi connectivity index (χ2v) is 9.44. The molecule has 0 bridgehead atoms. The maximum absolute atomic E-state index is 13.1. The lowest BCUT2D eigenvalue weighted by Gasteiger charge is -2.29. The van der Waals surface area contributed by atoms with Crippen LogP contribution in [0.4, 0.5) is 9.52 Å². The molecule has 2 heterocycles. The number of thiazole rings is 1. The van der Waals surface area contributed by atoms with Crippen LogP contribution in [-0.2, 0) is 11.4 Å². The van der Waals surface area contributed by atoms with E-state index in [1.165, 1.54) is 12.1 Å². The minimum Gasteiger partial charge on any atom is -0.488 e. The topological polar surface area (TPSA) is 71.9 Å². The molecule has 0 unspecified atom stereocenters. The smallest absolute Gasteiger partial charge is 0.306 e. The number of piperidine rings is 1. The normalized spacial score (nSPS) is 14.0. The van der Waals surface area contributed by atoms with Crippen LogP contribution in [0, 0.1) is 11.7 Å². The molecule has 0 spiro atoms. The van der Waals surface area contributed by atoms with Gasteiger partial charge >= 0.3 is 5.97 Å². The van der Waals surface area contributed by atoms with Gasteiger partial charge in [-0.2, -0.15) is 0 Å². The number of hydrogen-bond donors (Lipinski definition) is 1. The molecule has 36 heavy (non-hydrogen) atoms. The number of carbonyl (C=O) groups is 1. The van der Waals surface area contributed by atoms with E-state index in [2.05, 4.69) is 4.90 Å². The average Bonchev–Trinajstić information content (AvgIpc) is 3.40. The summed E-state index contributed by atoms with van der Waals surface area (Å²) in [7, 11) is 0. The fourth-order valence-corrected chi connectivity index (χ4v) is 4.99. The first-order chi connectivity index (χ1) is 17.5. The molecule has 3 aromatic carbocycles. The third-order valence-corrected chi connectivity index (χ3v) is 7.04. The minimum absolute atomic E-state index is 0.265. The van der Waals surface area contributed by atoms with Crippen molar-refractivity contribution >= 4 is 22.4 Å². The Morgan fingerprint density at radius 1 is 1.00 bits per heavy atom. The zero-order valence-corrected chi connectivity index (χ0v) is 20.3. The fraction of sp³-hybridized carbons (Fsp3) is 0.214. The highest BCUT2D eigenvalue weighted by Crippen LogP contribution is 2.35. The second kappa shape index (κ2) is 10.8. The summed E-state index contributed by atoms with van der Waals surface area (Å²) in [6, 6.07) is 21.3. The van der Waals surface area contributed by atoms with Gasteiger partial charge < -0.3 is 19.5 Å². The molecule has 0 amide bonds. The Balaban J connectivity index is 1.22. The van der Waals surface area contributed by atoms with Crippen LogP contribution in [0.2, 0.25) is 0 Å². The van der Waals surface area contributed by atoms with E-state index >= 15 is 0 Å². The van der Waals surface area contributed by atoms with Gasteiger partial charge in [-0.25, -0.2) is 9.37 Å². The molecule has 1 N–H and O–H groups in total. The lowest BCUT2D eigenvalue weighted by atomic mass is 9.97. The largest absolute Gasteiger partial charge is 0.488 e. The Hall–Kier alpha value is -3.91. The van der Waals surface area contributed by atoms with E-state index in [-0.39, 0.29) is 11.7 Å². The van der Waals surface area contributed by atoms with Crippen LogP contribution in [0.25, 0.3) is 11.3 Å². The average molecular weight is 505 g/mol. The number of carboxylic acid groups (broad SMARTS) is 1. The molecule has 6 nitrogen and oxygen atoms in total. The summed E-state index contributed by atoms with van der Waals surface area (Å²) in [6.07, 6.45) is 1.27. The molecule has 0 aliphatic carbocycles. The summed E-state index contributed by atoms with van der Waals surface area (Å²) in [5.74, 6) is 0.695. The molecule has 0 saturated carbocycles. The van der Waals surface area contributed by atoms with Crippen molar-refractivity contribution in [3.8, 4) is 28.5 Å². The molecule has 1 saturated heterocycles. The Kier molecular flexibility index (Phi) is 7.13. The lowest BCUT2D eigenvalue weighted by molar-refractivity contribution is -0.142. The molecule has 184 valence electrons. The first-order valence-electron chi connectivity index (χ1n) is 11.7. The van der Waals surface area contributed by atoms with Gasteiger partial charge in [0.1, 0.15) is 29.7 Å². The number of benzene rings is 3. The Morgan fingerprint density at radius 3 is 2.36 bits per heavy atom. The van der Waals surface area contributed by atoms with Crippen LogP contribution in [-0.4, -0.2) is 29.1 Å². The summed E-state index contributed by atoms with van der Waals surface area (Å²) in [6.45, 7) is 1.78. The maximum Gasteiger partial charge on any atom is 0.306 e. The van der Waals surface area contributed by atoms with Crippen LogP contribution >= 0.6 is 11.3 Å². The lowest BCUT2D eigenvalue weighted by Crippen LogP contribution is -2.36. The van der Waals surface area contributed by atoms with Crippen molar-refractivity contribution in [1.29, 1.82) is 0 Å². The van der Waals surface area contributed by atoms with Gasteiger partial charge in [-0.15, -0.1) is 11.3 Å². The number of aliphatic carboxylic acids is 1. The van der Waals surface area contributed by atoms with Crippen molar-refractivity contribution in [2.45, 2.75) is 19.4 Å². The number of aromatic nitrogens is 1. The Morgan fingerprint density at radius 2 is 1.67 bits per heavy atom. The van der Waals surface area contributed by atoms with Crippen molar-refractivity contribution in [1.82, 2.24) is 4.98 Å². The first kappa shape index (κ1) is 23.8. The summed E-state index contributed by atoms with van der Waals surface area (Å²) < 4.78 is 25.0. The number of para-hydroxylation sites is 1. The van der Waals surface area contributed by atoms with Gasteiger partial charge in [0.15, 0.2) is 5.13 Å². The predicted octanol–water partition coefficient (Wildman–Crippen LogP) is 6.62. The van der Waals surface area contributed by atoms with Crippen molar-refractivity contribution in [2.75, 3.05) is 18.0 Å². The highest BCUT2D eigenvalue weighted by Gasteiger charge is 2.26. The van der Waals surface area contributed by atoms with E-state index in [9.17, 15) is 14.3 Å². The molecule has 1 aliphatic heterocycles. The number of ether oxygens (including phenoxy) is 2. The summed E-state index contributed by atoms with van der Waals surface area (Å²) in [4.78, 5) is 18.2. The van der Waals surface area contributed by atoms with E-state index in [1.54, 1.807) is 23.5 Å². The van der Waals surface area contributed by atoms with Crippen LogP contribution < -0.4 is 14.4 Å². The highest BCUT2D eigenvalue weighted by molar-refractivity contribution is 7.14. The molecule has 8 heteroatoms. The number of rotatable bonds is 8. The third kappa shape index (κ3) is 5.66. The minimum atomic E-state index is -0.712. The van der Waals surface area contributed by atoms with Gasteiger partial charge in [-0.3, -0.25) is 4.79 Å². The van der Waals surface area contributed by atoms with Gasteiger partial charge in [-0.05, 0) is 66.9 Å². The maximum atomic E-state index is 13.1. The highest BCUT2D eigenvalue weighted by atomic mass is 32.1. The van der Waals surface area contributed by atoms with E-state index < -0.39 is 5.97 Å². The van der Waals surface area contributed by atoms with Crippen molar-refractivity contribution in [2.24, 2.45) is 5.92 Å². The number of anilines is 1. The first-order valence-corrected chi connectivity index (χ1v) is 12.6. The predicted molar refractivity (Wildman–Crippen MR) is 137 cm³/mol. The van der Waals surface area contributed by atoms with Gasteiger partial charge in [0, 0.05) is 24.0 Å². The molecule has 0 atom stereocenters. The monoisotopic (exact) mass is 504 g/mol. The zero-order chi connectivity index (χ0) is 24.9. The second-order valence-electron chi connectivity index (χ2n) is 8.60. The third-order valence-electron chi connectivity index (χ3n) is 6.14. The molecular formula is C28H25FN2O4S. The summed E-state index contributed by atoms with van der Waals surface area (Å²) in [5.41, 5.74) is 2.74. The van der Waals surface area contributed by atoms with Gasteiger partial charge in [0.2, 0.25) is 0 Å². The molecule has 1 fully saturated rings. The summed E-state index contributed by atoms with van der Waals surface area (Å²) >= 11 is 1.56. The van der Waals surface area contributed by atoms with E-state index in [0.717, 1.165) is 27.7 Å². The summed E-state index contributed by atoms with van der Waals surface area (Å²) in [5, 5.41) is 12.1. The number of hydrogen-bond acceptors (Lipinski definition) is 6. The zero-order valence-electron chi connectivity index (χ0n) is 19.5. The van der Waals surface area contributed by atoms with Crippen molar-refractivity contribution < 1.29 is 23.8 Å². The standard InChI is InChI=1S/C28H25FN2O4S/c29-21-7-11-23(12-8-21)35-22-9-5-19(6-10-22)17-34-26-4-2-1-3-24(26)25-18-36-28(30-25)31-15-13-20(14-16-31)27(32)33/h1-12,18,20H,13-17H2,(H,32,33). The molecule has 5 rings (SSSR count). The van der Waals surface area contributed by atoms with E-state index in [0.29, 0.717) is 44.0 Å². The van der Waals surface area contributed by atoms with Gasteiger partial charge in [0.25, 0.3) is 0 Å². The van der Waals surface area contributed by atoms with E-state index in [1.807, 2.05) is 53.9 Å². The SMILES string of the molecule is O=C(O)C1CCN(c2nc(-c3ccccc3OCc3ccc(Oc4ccc(F)cc4)cc3)cs2)CC1. The fourth-order valence-electron chi connectivity index (χ4n) is 4.11. The van der Waals surface area contributed by atoms with Crippen molar-refractivity contribution in [3.05, 3.63) is 89.6 Å². The van der Waals surface area contributed by atoms with Crippen molar-refractivity contribution in [3.63, 3.8) is 0 Å². The van der Waals surface area contributed by atoms with Crippen LogP contribution in [0.5, 0.6) is 17.2 Å². The quantitative estimate of drug-likeness (QED) is 0.291. The molecular weight excluding hydrogens is 479 g/mol. The Labute approximate surface area is 212 Å².